The van der Waals surface area contributed by atoms with Crippen LogP contribution in [0.25, 0.3) is 42.7 Å². The van der Waals surface area contributed by atoms with E-state index >= 15 is 0 Å². The van der Waals surface area contributed by atoms with Gasteiger partial charge < -0.3 is 4.98 Å². The Labute approximate surface area is 295 Å². The predicted molar refractivity (Wildman–Crippen MR) is 193 cm³/mol. The number of halogens is 1. The molecule has 1 aliphatic rings. The molecule has 3 aromatic heterocycles. The van der Waals surface area contributed by atoms with Crippen LogP contribution in [0, 0.1) is 23.9 Å². The maximum Gasteiger partial charge on any atom is 0 e. The van der Waals surface area contributed by atoms with Crippen LogP contribution in [0.3, 0.4) is 0 Å². The number of benzene rings is 3. The van der Waals surface area contributed by atoms with E-state index in [1.54, 1.807) is 17.4 Å². The molecule has 1 fully saturated rings. The number of fused-ring (bicyclic) bond motifs is 3. The average Bonchev–Trinajstić information content (AvgIpc) is 3.68. The zero-order valence-electron chi connectivity index (χ0n) is 28.2. The van der Waals surface area contributed by atoms with E-state index in [0.29, 0.717) is 0 Å². The van der Waals surface area contributed by atoms with Gasteiger partial charge in [0.2, 0.25) is 0 Å². The van der Waals surface area contributed by atoms with Gasteiger partial charge in [0, 0.05) is 31.0 Å². The zero-order chi connectivity index (χ0) is 32.5. The van der Waals surface area contributed by atoms with E-state index in [4.69, 9.17) is 1.37 Å². The van der Waals surface area contributed by atoms with Crippen molar-refractivity contribution in [2.75, 3.05) is 0 Å². The Kier molecular flexibility index (Phi) is 10.8. The molecule has 0 spiro atoms. The smallest absolute Gasteiger partial charge is 0 e. The number of aromatic nitrogens is 2. The standard InChI is InChI=1S/C23H19FNS.C17H22GeN.Ir/c24-18-6-8-23-20(14-18)19-13-17(5-7-22(19)26-23)21-12-16(9-10-25-21)11-15-3-1-2-4-15;1-13(2)15-11-17(14-9-7-6-8-10-14)19-12-16(15)18(3,4)5;/h6-10,12-15H,1-4,11H2;6-9,11-13H,1-5H3;/q2*-1;/i;13D;. The third kappa shape index (κ3) is 8.05. The van der Waals surface area contributed by atoms with Crippen LogP contribution < -0.4 is 4.40 Å². The van der Waals surface area contributed by atoms with Crippen LogP contribution in [-0.4, -0.2) is 23.2 Å². The Morgan fingerprint density at radius 2 is 1.67 bits per heavy atom. The molecule has 1 radical (unpaired) electrons. The van der Waals surface area contributed by atoms with Crippen LogP contribution in [-0.2, 0) is 26.5 Å². The van der Waals surface area contributed by atoms with E-state index in [9.17, 15) is 4.39 Å². The third-order valence-corrected chi connectivity index (χ3v) is 14.1. The van der Waals surface area contributed by atoms with Crippen molar-refractivity contribution in [2.45, 2.75) is 69.1 Å². The summed E-state index contributed by atoms with van der Waals surface area (Å²) >= 11 is -0.345. The number of nitrogens with zero attached hydrogens (tertiary/aromatic N) is 2. The van der Waals surface area contributed by atoms with Gasteiger partial charge in [-0.1, -0.05) is 42.7 Å². The number of hydrogen-bond donors (Lipinski definition) is 0. The summed E-state index contributed by atoms with van der Waals surface area (Å²) in [4.78, 5) is 9.19. The molecule has 0 aliphatic heterocycles. The molecular weight excluding hydrogens is 824 g/mol. The minimum Gasteiger partial charge on any atom is 0 e. The molecule has 7 rings (SSSR count). The van der Waals surface area contributed by atoms with Gasteiger partial charge in [0.05, 0.1) is 0 Å². The van der Waals surface area contributed by atoms with Gasteiger partial charge in [-0.3, -0.25) is 0 Å². The molecular formula is C40H41FGeIrN2S-2. The Hall–Kier alpha value is -2.70. The largest absolute Gasteiger partial charge is 0 e. The summed E-state index contributed by atoms with van der Waals surface area (Å²) in [6.45, 7) is 3.91. The summed E-state index contributed by atoms with van der Waals surface area (Å²) in [6.07, 6.45) is 10.5. The summed E-state index contributed by atoms with van der Waals surface area (Å²) < 4.78 is 25.7. The molecule has 2 nitrogen and oxygen atoms in total. The van der Waals surface area contributed by atoms with Crippen molar-refractivity contribution in [3.63, 3.8) is 0 Å². The van der Waals surface area contributed by atoms with Crippen molar-refractivity contribution in [2.24, 2.45) is 5.92 Å². The van der Waals surface area contributed by atoms with Crippen LogP contribution >= 0.6 is 11.3 Å². The topological polar surface area (TPSA) is 25.8 Å². The predicted octanol–water partition coefficient (Wildman–Crippen LogP) is 11.0. The second-order valence-corrected chi connectivity index (χ2v) is 25.1. The summed E-state index contributed by atoms with van der Waals surface area (Å²) in [5.41, 5.74) is 6.32. The van der Waals surface area contributed by atoms with Crippen molar-refractivity contribution >= 4 is 49.2 Å². The van der Waals surface area contributed by atoms with Crippen LogP contribution in [0.4, 0.5) is 4.39 Å². The van der Waals surface area contributed by atoms with Gasteiger partial charge in [-0.25, -0.2) is 4.39 Å². The SMILES string of the molecule is Fc1ccc2sc3c[c-]c(-c4cc(CC5CCCC5)ccn4)cc3c2c1.[2H]C(C)(C)c1cc(-c2[c-]cccc2)nc[c]1[Ge]([CH3])([CH3])[CH3].[Ir]. The molecule has 0 atom stereocenters. The van der Waals surface area contributed by atoms with E-state index in [2.05, 4.69) is 63.6 Å². The summed E-state index contributed by atoms with van der Waals surface area (Å²) in [7, 11) is 0. The fraction of sp³-hybridized carbons (Fsp3) is 0.300. The molecule has 3 heterocycles. The van der Waals surface area contributed by atoms with Crippen molar-refractivity contribution in [3.8, 4) is 22.5 Å². The van der Waals surface area contributed by atoms with Gasteiger partial charge in [-0.2, -0.15) is 11.3 Å². The van der Waals surface area contributed by atoms with Crippen LogP contribution in [0.2, 0.25) is 17.3 Å². The van der Waals surface area contributed by atoms with Gasteiger partial charge in [-0.15, -0.1) is 23.8 Å². The van der Waals surface area contributed by atoms with Gasteiger partial charge in [-0.05, 0) is 52.4 Å². The minimum atomic E-state index is -2.03. The number of hydrogen-bond acceptors (Lipinski definition) is 3. The number of pyridine rings is 2. The molecule has 6 heteroatoms. The van der Waals surface area contributed by atoms with Crippen molar-refractivity contribution in [3.05, 3.63) is 114 Å². The summed E-state index contributed by atoms with van der Waals surface area (Å²) in [6, 6.07) is 30.0. The molecule has 3 aromatic carbocycles. The molecule has 239 valence electrons. The monoisotopic (exact) mass is 868 g/mol. The molecule has 0 saturated heterocycles. The molecule has 1 aliphatic carbocycles. The molecule has 46 heavy (non-hydrogen) atoms. The summed E-state index contributed by atoms with van der Waals surface area (Å²) in [5.74, 6) is 7.07. The molecule has 0 amide bonds. The molecule has 1 saturated carbocycles. The summed E-state index contributed by atoms with van der Waals surface area (Å²) in [5, 5.41) is 2.06. The van der Waals surface area contributed by atoms with Crippen LogP contribution in [0.5, 0.6) is 0 Å². The second-order valence-electron chi connectivity index (χ2n) is 13.4. The van der Waals surface area contributed by atoms with Crippen LogP contribution in [0.1, 0.15) is 57.9 Å². The maximum absolute atomic E-state index is 13.7. The zero-order valence-corrected chi connectivity index (χ0v) is 32.5. The van der Waals surface area contributed by atoms with Crippen LogP contribution in [0.15, 0.2) is 85.2 Å². The first-order valence-electron chi connectivity index (χ1n) is 16.4. The van der Waals surface area contributed by atoms with Crippen molar-refractivity contribution < 1.29 is 25.9 Å². The first-order chi connectivity index (χ1) is 22.0. The Morgan fingerprint density at radius 3 is 2.39 bits per heavy atom. The maximum atomic E-state index is 13.7. The first kappa shape index (κ1) is 33.2. The molecule has 0 N–H and O–H groups in total. The van der Waals surface area contributed by atoms with E-state index in [0.717, 1.165) is 60.6 Å². The fourth-order valence-corrected chi connectivity index (χ4v) is 10.7. The van der Waals surface area contributed by atoms with E-state index in [-0.39, 0.29) is 25.9 Å². The quantitative estimate of drug-likeness (QED) is 0.123. The number of rotatable bonds is 6. The first-order valence-corrected chi connectivity index (χ1v) is 24.1. The van der Waals surface area contributed by atoms with E-state index in [1.807, 2.05) is 62.6 Å². The third-order valence-electron chi connectivity index (χ3n) is 8.70. The fourth-order valence-electron chi connectivity index (χ4n) is 6.30. The second kappa shape index (κ2) is 15.0. The van der Waals surface area contributed by atoms with E-state index in [1.165, 1.54) is 41.7 Å². The van der Waals surface area contributed by atoms with Gasteiger partial charge in [0.1, 0.15) is 5.82 Å². The van der Waals surface area contributed by atoms with E-state index < -0.39 is 19.2 Å². The van der Waals surface area contributed by atoms with Crippen molar-refractivity contribution in [1.29, 1.82) is 0 Å². The molecule has 0 unspecified atom stereocenters. The van der Waals surface area contributed by atoms with Gasteiger partial charge in [0.25, 0.3) is 0 Å². The molecule has 0 bridgehead atoms. The Morgan fingerprint density at radius 1 is 0.913 bits per heavy atom. The Bertz CT molecular complexity index is 1970. The molecule has 6 aromatic rings. The average molecular weight is 867 g/mol. The van der Waals surface area contributed by atoms with Gasteiger partial charge in [0.15, 0.2) is 0 Å². The normalized spacial score (nSPS) is 14.1. The number of thiophene rings is 1. The van der Waals surface area contributed by atoms with Gasteiger partial charge >= 0.3 is 120 Å². The minimum absolute atomic E-state index is 0. The Balaban J connectivity index is 0.000000188. The van der Waals surface area contributed by atoms with Crippen molar-refractivity contribution in [1.82, 2.24) is 9.97 Å².